The van der Waals surface area contributed by atoms with Crippen molar-refractivity contribution in [2.75, 3.05) is 39.0 Å². The summed E-state index contributed by atoms with van der Waals surface area (Å²) in [6.07, 6.45) is 9.90. The predicted molar refractivity (Wildman–Crippen MR) is 99.8 cm³/mol. The summed E-state index contributed by atoms with van der Waals surface area (Å²) in [7, 11) is 3.90. The van der Waals surface area contributed by atoms with Crippen LogP contribution in [0.1, 0.15) is 0 Å². The Morgan fingerprint density at radius 1 is 1.42 bits per heavy atom. The molecule has 3 rings (SSSR count). The Balaban J connectivity index is 1.59. The summed E-state index contributed by atoms with van der Waals surface area (Å²) < 4.78 is 0. The van der Waals surface area contributed by atoms with Gasteiger partial charge < -0.3 is 20.1 Å². The van der Waals surface area contributed by atoms with Crippen LogP contribution in [0.2, 0.25) is 0 Å². The van der Waals surface area contributed by atoms with Gasteiger partial charge in [0.25, 0.3) is 5.56 Å². The first kappa shape index (κ1) is 17.8. The third kappa shape index (κ3) is 4.34. The second kappa shape index (κ2) is 7.92. The predicted octanol–water partition coefficient (Wildman–Crippen LogP) is 0.572. The van der Waals surface area contributed by atoms with E-state index in [4.69, 9.17) is 0 Å². The molecule has 1 amide bonds. The van der Waals surface area contributed by atoms with Crippen LogP contribution in [0, 0.1) is 0 Å². The molecular formula is C18H22N6O2. The summed E-state index contributed by atoms with van der Waals surface area (Å²) in [6, 6.07) is 1.81. The summed E-state index contributed by atoms with van der Waals surface area (Å²) in [5.74, 6) is -0.00730. The minimum atomic E-state index is -0.201. The number of likely N-dealkylation sites (N-methyl/N-ethyl adjacent to an activating group) is 1. The van der Waals surface area contributed by atoms with Crippen LogP contribution in [-0.2, 0) is 4.79 Å². The van der Waals surface area contributed by atoms with Crippen molar-refractivity contribution in [1.82, 2.24) is 24.8 Å². The SMILES string of the molecule is CN(C)C/C=C/C(=O)N1CC(Nc2cc(-c3cnccn3)c[nH]c2=O)C1. The maximum Gasteiger partial charge on any atom is 0.271 e. The number of aromatic amines is 1. The highest BCUT2D eigenvalue weighted by atomic mass is 16.2. The molecule has 0 unspecified atom stereocenters. The number of anilines is 1. The monoisotopic (exact) mass is 354 g/mol. The molecule has 0 bridgehead atoms. The fourth-order valence-electron chi connectivity index (χ4n) is 2.63. The first-order chi connectivity index (χ1) is 12.5. The lowest BCUT2D eigenvalue weighted by Crippen LogP contribution is -2.57. The summed E-state index contributed by atoms with van der Waals surface area (Å²) in [6.45, 7) is 1.87. The van der Waals surface area contributed by atoms with Crippen LogP contribution in [0.3, 0.4) is 0 Å². The van der Waals surface area contributed by atoms with Crippen molar-refractivity contribution >= 4 is 11.6 Å². The molecular weight excluding hydrogens is 332 g/mol. The molecule has 1 aliphatic heterocycles. The molecule has 0 aliphatic carbocycles. The molecule has 8 heteroatoms. The number of aromatic nitrogens is 3. The van der Waals surface area contributed by atoms with E-state index in [-0.39, 0.29) is 17.5 Å². The second-order valence-electron chi connectivity index (χ2n) is 6.47. The normalized spacial score (nSPS) is 14.7. The van der Waals surface area contributed by atoms with Gasteiger partial charge in [0.05, 0.1) is 17.9 Å². The largest absolute Gasteiger partial charge is 0.374 e. The van der Waals surface area contributed by atoms with Crippen molar-refractivity contribution in [2.45, 2.75) is 6.04 Å². The molecule has 1 saturated heterocycles. The van der Waals surface area contributed by atoms with Crippen molar-refractivity contribution in [3.8, 4) is 11.3 Å². The zero-order valence-electron chi connectivity index (χ0n) is 14.8. The highest BCUT2D eigenvalue weighted by Crippen LogP contribution is 2.18. The topological polar surface area (TPSA) is 94.2 Å². The van der Waals surface area contributed by atoms with Gasteiger partial charge in [-0.15, -0.1) is 0 Å². The van der Waals surface area contributed by atoms with Gasteiger partial charge in [-0.2, -0.15) is 0 Å². The van der Waals surface area contributed by atoms with E-state index in [1.807, 2.05) is 25.1 Å². The van der Waals surface area contributed by atoms with Gasteiger partial charge >= 0.3 is 0 Å². The van der Waals surface area contributed by atoms with Crippen LogP contribution < -0.4 is 10.9 Å². The maximum absolute atomic E-state index is 12.0. The van der Waals surface area contributed by atoms with E-state index in [1.54, 1.807) is 41.8 Å². The van der Waals surface area contributed by atoms with Crippen LogP contribution in [0.25, 0.3) is 11.3 Å². The summed E-state index contributed by atoms with van der Waals surface area (Å²) in [4.78, 5) is 38.8. The molecule has 0 spiro atoms. The van der Waals surface area contributed by atoms with E-state index in [1.165, 1.54) is 0 Å². The molecule has 0 aromatic carbocycles. The molecule has 2 aromatic heterocycles. The van der Waals surface area contributed by atoms with E-state index in [0.29, 0.717) is 24.5 Å². The molecule has 3 heterocycles. The summed E-state index contributed by atoms with van der Waals surface area (Å²) in [5, 5.41) is 3.20. The fourth-order valence-corrected chi connectivity index (χ4v) is 2.63. The van der Waals surface area contributed by atoms with Crippen molar-refractivity contribution in [1.29, 1.82) is 0 Å². The summed E-state index contributed by atoms with van der Waals surface area (Å²) >= 11 is 0. The average Bonchev–Trinajstić information content (AvgIpc) is 2.59. The lowest BCUT2D eigenvalue weighted by atomic mass is 10.1. The Kier molecular flexibility index (Phi) is 5.43. The lowest BCUT2D eigenvalue weighted by Gasteiger charge is -2.39. The molecule has 0 saturated carbocycles. The quantitative estimate of drug-likeness (QED) is 0.737. The Hall–Kier alpha value is -3.00. The van der Waals surface area contributed by atoms with E-state index in [0.717, 1.165) is 12.1 Å². The zero-order chi connectivity index (χ0) is 18.5. The molecule has 0 radical (unpaired) electrons. The molecule has 26 heavy (non-hydrogen) atoms. The van der Waals surface area contributed by atoms with Crippen LogP contribution in [-0.4, -0.2) is 70.4 Å². The third-order valence-electron chi connectivity index (χ3n) is 4.05. The Bertz CT molecular complexity index is 840. The minimum Gasteiger partial charge on any atom is -0.374 e. The number of nitrogens with zero attached hydrogens (tertiary/aromatic N) is 4. The Morgan fingerprint density at radius 2 is 2.23 bits per heavy atom. The molecule has 8 nitrogen and oxygen atoms in total. The van der Waals surface area contributed by atoms with Crippen molar-refractivity contribution in [3.05, 3.63) is 53.4 Å². The Labute approximate surface area is 151 Å². The van der Waals surface area contributed by atoms with Crippen LogP contribution in [0.15, 0.2) is 47.8 Å². The van der Waals surface area contributed by atoms with Crippen molar-refractivity contribution < 1.29 is 4.79 Å². The number of pyridine rings is 1. The van der Waals surface area contributed by atoms with Gasteiger partial charge in [-0.25, -0.2) is 0 Å². The zero-order valence-corrected chi connectivity index (χ0v) is 14.8. The smallest absolute Gasteiger partial charge is 0.271 e. The van der Waals surface area contributed by atoms with Gasteiger partial charge in [0.1, 0.15) is 5.69 Å². The first-order valence-corrected chi connectivity index (χ1v) is 8.39. The van der Waals surface area contributed by atoms with Crippen molar-refractivity contribution in [2.24, 2.45) is 0 Å². The number of carbonyl (C=O) groups excluding carboxylic acids is 1. The number of carbonyl (C=O) groups is 1. The summed E-state index contributed by atoms with van der Waals surface area (Å²) in [5.41, 5.74) is 1.73. The van der Waals surface area contributed by atoms with Crippen LogP contribution in [0.4, 0.5) is 5.69 Å². The standard InChI is InChI=1S/C18H22N6O2/c1-23(2)7-3-4-17(25)24-11-14(12-24)22-15-8-13(9-21-18(15)26)16-10-19-5-6-20-16/h3-6,8-10,14,22H,7,11-12H2,1-2H3,(H,21,26)/b4-3+. The van der Waals surface area contributed by atoms with Crippen LogP contribution in [0.5, 0.6) is 0 Å². The molecule has 0 atom stereocenters. The minimum absolute atomic E-state index is 0.00730. The van der Waals surface area contributed by atoms with Gasteiger partial charge in [-0.1, -0.05) is 6.08 Å². The van der Waals surface area contributed by atoms with Gasteiger partial charge in [0.15, 0.2) is 0 Å². The highest BCUT2D eigenvalue weighted by molar-refractivity contribution is 5.88. The van der Waals surface area contributed by atoms with Crippen LogP contribution >= 0.6 is 0 Å². The number of H-pyrrole nitrogens is 1. The number of hydrogen-bond acceptors (Lipinski definition) is 6. The van der Waals surface area contributed by atoms with E-state index < -0.39 is 0 Å². The average molecular weight is 354 g/mol. The molecule has 136 valence electrons. The Morgan fingerprint density at radius 3 is 2.92 bits per heavy atom. The molecule has 2 N–H and O–H groups in total. The van der Waals surface area contributed by atoms with Gasteiger partial charge in [-0.05, 0) is 20.2 Å². The lowest BCUT2D eigenvalue weighted by molar-refractivity contribution is -0.129. The van der Waals surface area contributed by atoms with E-state index >= 15 is 0 Å². The number of nitrogens with one attached hydrogen (secondary N) is 2. The van der Waals surface area contributed by atoms with E-state index in [9.17, 15) is 9.59 Å². The van der Waals surface area contributed by atoms with Gasteiger partial charge in [0, 0.05) is 49.9 Å². The second-order valence-corrected chi connectivity index (χ2v) is 6.47. The van der Waals surface area contributed by atoms with Crippen molar-refractivity contribution in [3.63, 3.8) is 0 Å². The third-order valence-corrected chi connectivity index (χ3v) is 4.05. The van der Waals surface area contributed by atoms with E-state index in [2.05, 4.69) is 20.3 Å². The van der Waals surface area contributed by atoms with Gasteiger partial charge in [-0.3, -0.25) is 19.6 Å². The number of likely N-dealkylation sites (tertiary alicyclic amines) is 1. The first-order valence-electron chi connectivity index (χ1n) is 8.39. The number of rotatable bonds is 6. The molecule has 2 aromatic rings. The fraction of sp³-hybridized carbons (Fsp3) is 0.333. The molecule has 1 aliphatic rings. The number of hydrogen-bond donors (Lipinski definition) is 2. The number of amides is 1. The molecule has 1 fully saturated rings. The maximum atomic E-state index is 12.0. The highest BCUT2D eigenvalue weighted by Gasteiger charge is 2.29. The van der Waals surface area contributed by atoms with Gasteiger partial charge in [0.2, 0.25) is 5.91 Å².